The van der Waals surface area contributed by atoms with Gasteiger partial charge in [0.15, 0.2) is 5.78 Å². The number of halogens is 1. The van der Waals surface area contributed by atoms with Crippen LogP contribution in [-0.2, 0) is 0 Å². The second kappa shape index (κ2) is 5.34. The van der Waals surface area contributed by atoms with Gasteiger partial charge in [0, 0.05) is 5.69 Å². The normalized spacial score (nSPS) is 16.0. The van der Waals surface area contributed by atoms with Crippen LogP contribution in [0.15, 0.2) is 23.8 Å². The summed E-state index contributed by atoms with van der Waals surface area (Å²) in [7, 11) is 0. The molecule has 0 aliphatic heterocycles. The van der Waals surface area contributed by atoms with Gasteiger partial charge in [-0.3, -0.25) is 4.79 Å². The largest absolute Gasteiger partial charge is 0.399 e. The highest BCUT2D eigenvalue weighted by molar-refractivity contribution is 6.09. The van der Waals surface area contributed by atoms with Crippen LogP contribution in [0.1, 0.15) is 48.0 Å². The first-order chi connectivity index (χ1) is 8.59. The summed E-state index contributed by atoms with van der Waals surface area (Å²) >= 11 is 0. The summed E-state index contributed by atoms with van der Waals surface area (Å²) in [4.78, 5) is 12.3. The second-order valence-corrected chi connectivity index (χ2v) is 4.86. The van der Waals surface area contributed by atoms with E-state index in [9.17, 15) is 9.18 Å². The quantitative estimate of drug-likeness (QED) is 0.638. The molecule has 2 nitrogen and oxygen atoms in total. The van der Waals surface area contributed by atoms with Gasteiger partial charge >= 0.3 is 0 Å². The van der Waals surface area contributed by atoms with Crippen LogP contribution in [0.2, 0.25) is 0 Å². The van der Waals surface area contributed by atoms with Crippen molar-refractivity contribution in [2.45, 2.75) is 39.0 Å². The zero-order chi connectivity index (χ0) is 13.1. The van der Waals surface area contributed by atoms with Crippen LogP contribution in [0.5, 0.6) is 0 Å². The van der Waals surface area contributed by atoms with E-state index in [2.05, 4.69) is 0 Å². The topological polar surface area (TPSA) is 43.1 Å². The van der Waals surface area contributed by atoms with Crippen LogP contribution in [0.3, 0.4) is 0 Å². The van der Waals surface area contributed by atoms with E-state index in [-0.39, 0.29) is 11.3 Å². The lowest BCUT2D eigenvalue weighted by molar-refractivity contribution is 0.102. The average molecular weight is 247 g/mol. The molecular weight excluding hydrogens is 229 g/mol. The lowest BCUT2D eigenvalue weighted by Gasteiger charge is -2.09. The van der Waals surface area contributed by atoms with Crippen molar-refractivity contribution in [2.75, 3.05) is 5.73 Å². The van der Waals surface area contributed by atoms with Gasteiger partial charge in [-0.1, -0.05) is 12.5 Å². The molecule has 1 aromatic rings. The fourth-order valence-corrected chi connectivity index (χ4v) is 2.36. The Morgan fingerprint density at radius 2 is 2.06 bits per heavy atom. The summed E-state index contributed by atoms with van der Waals surface area (Å²) in [5, 5.41) is 0. The number of nitrogen functional groups attached to an aromatic ring is 1. The molecule has 2 N–H and O–H groups in total. The molecule has 96 valence electrons. The Bertz CT molecular complexity index is 505. The monoisotopic (exact) mass is 247 g/mol. The number of Topliss-reactive ketones (excluding diaryl/α,β-unsaturated/α-hetero) is 1. The van der Waals surface area contributed by atoms with E-state index in [0.29, 0.717) is 11.3 Å². The third-order valence-corrected chi connectivity index (χ3v) is 3.35. The summed E-state index contributed by atoms with van der Waals surface area (Å²) in [6.07, 6.45) is 6.84. The van der Waals surface area contributed by atoms with Gasteiger partial charge in [-0.25, -0.2) is 4.39 Å². The summed E-state index contributed by atoms with van der Waals surface area (Å²) in [6, 6.07) is 2.99. The van der Waals surface area contributed by atoms with E-state index in [1.165, 1.54) is 6.07 Å². The molecule has 2 rings (SSSR count). The Morgan fingerprint density at radius 3 is 2.83 bits per heavy atom. The highest BCUT2D eigenvalue weighted by Gasteiger charge is 2.19. The number of anilines is 1. The Morgan fingerprint density at radius 1 is 1.28 bits per heavy atom. The van der Waals surface area contributed by atoms with E-state index < -0.39 is 5.82 Å². The van der Waals surface area contributed by atoms with Crippen LogP contribution < -0.4 is 5.73 Å². The number of benzene rings is 1. The maximum absolute atomic E-state index is 14.0. The number of nitrogens with two attached hydrogens (primary N) is 1. The van der Waals surface area contributed by atoms with Gasteiger partial charge in [0.25, 0.3) is 0 Å². The fourth-order valence-electron chi connectivity index (χ4n) is 2.36. The van der Waals surface area contributed by atoms with Gasteiger partial charge in [-0.2, -0.15) is 0 Å². The summed E-state index contributed by atoms with van der Waals surface area (Å²) in [6.45, 7) is 1.63. The van der Waals surface area contributed by atoms with Crippen LogP contribution in [-0.4, -0.2) is 5.78 Å². The van der Waals surface area contributed by atoms with E-state index >= 15 is 0 Å². The van der Waals surface area contributed by atoms with E-state index in [0.717, 1.165) is 37.7 Å². The number of carbonyl (C=O) groups excluding carboxylic acids is 1. The molecule has 0 amide bonds. The van der Waals surface area contributed by atoms with Gasteiger partial charge in [-0.15, -0.1) is 0 Å². The average Bonchev–Trinajstić information content (AvgIpc) is 2.61. The molecule has 0 unspecified atom stereocenters. The van der Waals surface area contributed by atoms with Gasteiger partial charge in [0.1, 0.15) is 5.82 Å². The highest BCUT2D eigenvalue weighted by Crippen LogP contribution is 2.24. The Labute approximate surface area is 107 Å². The number of allylic oxidation sites excluding steroid dienone is 2. The van der Waals surface area contributed by atoms with Crippen molar-refractivity contribution in [3.63, 3.8) is 0 Å². The standard InChI is InChI=1S/C15H18FNO/c1-10-8-12(17)9-13(14(10)16)15(18)11-6-4-2-3-5-7-11/h6,8-9H,2-5,7,17H2,1H3. The molecule has 1 aliphatic carbocycles. The zero-order valence-corrected chi connectivity index (χ0v) is 10.6. The third kappa shape index (κ3) is 2.61. The molecule has 0 bridgehead atoms. The molecule has 0 aromatic heterocycles. The van der Waals surface area contributed by atoms with E-state index in [4.69, 9.17) is 5.73 Å². The number of carbonyl (C=O) groups is 1. The first-order valence-electron chi connectivity index (χ1n) is 6.39. The highest BCUT2D eigenvalue weighted by atomic mass is 19.1. The first kappa shape index (κ1) is 12.8. The lowest BCUT2D eigenvalue weighted by atomic mass is 9.97. The molecule has 18 heavy (non-hydrogen) atoms. The minimum absolute atomic E-state index is 0.112. The molecule has 0 fully saturated rings. The van der Waals surface area contributed by atoms with Crippen molar-refractivity contribution >= 4 is 11.5 Å². The molecule has 1 aliphatic rings. The second-order valence-electron chi connectivity index (χ2n) is 4.86. The molecule has 0 saturated heterocycles. The predicted molar refractivity (Wildman–Crippen MR) is 71.0 cm³/mol. The molecule has 1 aromatic carbocycles. The molecule has 0 heterocycles. The van der Waals surface area contributed by atoms with Crippen molar-refractivity contribution < 1.29 is 9.18 Å². The Kier molecular flexibility index (Phi) is 3.80. The molecular formula is C15H18FNO. The van der Waals surface area contributed by atoms with E-state index in [1.54, 1.807) is 13.0 Å². The zero-order valence-electron chi connectivity index (χ0n) is 10.6. The number of aryl methyl sites for hydroxylation is 1. The lowest BCUT2D eigenvalue weighted by Crippen LogP contribution is -2.08. The van der Waals surface area contributed by atoms with Gasteiger partial charge < -0.3 is 5.73 Å². The van der Waals surface area contributed by atoms with Gasteiger partial charge in [0.05, 0.1) is 5.56 Å². The maximum Gasteiger partial charge on any atom is 0.191 e. The number of rotatable bonds is 2. The first-order valence-corrected chi connectivity index (χ1v) is 6.39. The number of hydrogen-bond acceptors (Lipinski definition) is 2. The molecule has 0 radical (unpaired) electrons. The van der Waals surface area contributed by atoms with Crippen molar-refractivity contribution in [1.29, 1.82) is 0 Å². The molecule has 3 heteroatoms. The van der Waals surface area contributed by atoms with Crippen molar-refractivity contribution in [2.24, 2.45) is 0 Å². The maximum atomic E-state index is 14.0. The van der Waals surface area contributed by atoms with Crippen LogP contribution in [0.25, 0.3) is 0 Å². The van der Waals surface area contributed by atoms with Crippen molar-refractivity contribution in [3.8, 4) is 0 Å². The van der Waals surface area contributed by atoms with Gasteiger partial charge in [0.2, 0.25) is 0 Å². The summed E-state index contributed by atoms with van der Waals surface area (Å²) in [5.74, 6) is -0.649. The third-order valence-electron chi connectivity index (χ3n) is 3.35. The van der Waals surface area contributed by atoms with Crippen LogP contribution in [0, 0.1) is 12.7 Å². The molecule has 0 spiro atoms. The number of ketones is 1. The Hall–Kier alpha value is -1.64. The Balaban J connectivity index is 2.36. The fraction of sp³-hybridized carbons (Fsp3) is 0.400. The summed E-state index contributed by atoms with van der Waals surface area (Å²) < 4.78 is 14.0. The van der Waals surface area contributed by atoms with Crippen LogP contribution in [0.4, 0.5) is 10.1 Å². The smallest absolute Gasteiger partial charge is 0.191 e. The predicted octanol–water partition coefficient (Wildman–Crippen LogP) is 3.79. The van der Waals surface area contributed by atoms with Gasteiger partial charge in [-0.05, 0) is 55.9 Å². The molecule has 0 atom stereocenters. The minimum atomic E-state index is -0.445. The van der Waals surface area contributed by atoms with Crippen LogP contribution >= 0.6 is 0 Å². The SMILES string of the molecule is Cc1cc(N)cc(C(=O)C2=CCCCCC2)c1F. The van der Waals surface area contributed by atoms with Crippen molar-refractivity contribution in [1.82, 2.24) is 0 Å². The molecule has 0 saturated carbocycles. The van der Waals surface area contributed by atoms with E-state index in [1.807, 2.05) is 6.08 Å². The minimum Gasteiger partial charge on any atom is -0.399 e. The van der Waals surface area contributed by atoms with Crippen molar-refractivity contribution in [3.05, 3.63) is 40.7 Å². The number of hydrogen-bond donors (Lipinski definition) is 1. The summed E-state index contributed by atoms with van der Waals surface area (Å²) in [5.41, 5.74) is 7.39.